The molecule has 33 heavy (non-hydrogen) atoms. The van der Waals surface area contributed by atoms with E-state index in [2.05, 4.69) is 17.2 Å². The van der Waals surface area contributed by atoms with Crippen LogP contribution in [0, 0.1) is 29.5 Å². The van der Waals surface area contributed by atoms with Crippen molar-refractivity contribution in [3.63, 3.8) is 0 Å². The third kappa shape index (κ3) is 6.47. The summed E-state index contributed by atoms with van der Waals surface area (Å²) in [5.74, 6) is 3.75. The van der Waals surface area contributed by atoms with E-state index >= 15 is 0 Å². The first-order chi connectivity index (χ1) is 15.7. The second-order valence-electron chi connectivity index (χ2n) is 7.49. The molecule has 0 spiro atoms. The Labute approximate surface area is 196 Å². The number of alkyl halides is 2. The van der Waals surface area contributed by atoms with Crippen molar-refractivity contribution in [3.05, 3.63) is 54.8 Å². The minimum Gasteiger partial charge on any atom is -0.379 e. The molecule has 6 nitrogen and oxygen atoms in total. The predicted octanol–water partition coefficient (Wildman–Crippen LogP) is 3.14. The molecule has 3 rings (SSSR count). The van der Waals surface area contributed by atoms with Crippen LogP contribution in [0.25, 0.3) is 0 Å². The summed E-state index contributed by atoms with van der Waals surface area (Å²) in [6, 6.07) is 2.37. The maximum atomic E-state index is 13.8. The summed E-state index contributed by atoms with van der Waals surface area (Å²) in [6.45, 7) is -0.247. The zero-order valence-corrected chi connectivity index (χ0v) is 19.1. The molecular formula is C22H20ClF3N2O4S. The maximum absolute atomic E-state index is 13.8. The number of ether oxygens (including phenoxy) is 1. The highest BCUT2D eigenvalue weighted by Gasteiger charge is 2.26. The molecule has 0 radical (unpaired) electrons. The SMILES string of the molecule is CNC(=O)C1COCC(C#Cc2cc(C(=O)Cc3cc(F)c(=O)n(CC(F)F)c3)sc2Cl)C1. The van der Waals surface area contributed by atoms with Crippen LogP contribution in [0.3, 0.4) is 0 Å². The smallest absolute Gasteiger partial charge is 0.286 e. The lowest BCUT2D eigenvalue weighted by molar-refractivity contribution is -0.129. The van der Waals surface area contributed by atoms with Gasteiger partial charge < -0.3 is 14.6 Å². The van der Waals surface area contributed by atoms with Crippen LogP contribution in [-0.4, -0.2) is 42.9 Å². The summed E-state index contributed by atoms with van der Waals surface area (Å²) < 4.78 is 45.4. The molecule has 11 heteroatoms. The van der Waals surface area contributed by atoms with E-state index in [0.29, 0.717) is 34.1 Å². The van der Waals surface area contributed by atoms with Gasteiger partial charge in [-0.3, -0.25) is 14.4 Å². The Morgan fingerprint density at radius 3 is 2.82 bits per heavy atom. The molecule has 2 atom stereocenters. The van der Waals surface area contributed by atoms with E-state index in [4.69, 9.17) is 16.3 Å². The summed E-state index contributed by atoms with van der Waals surface area (Å²) in [6.07, 6.45) is -1.54. The van der Waals surface area contributed by atoms with Gasteiger partial charge in [-0.15, -0.1) is 11.3 Å². The van der Waals surface area contributed by atoms with Gasteiger partial charge in [-0.25, -0.2) is 13.2 Å². The van der Waals surface area contributed by atoms with Crippen LogP contribution < -0.4 is 10.9 Å². The zero-order valence-electron chi connectivity index (χ0n) is 17.5. The van der Waals surface area contributed by atoms with Crippen LogP contribution in [0.2, 0.25) is 4.34 Å². The first-order valence-corrected chi connectivity index (χ1v) is 11.2. The number of pyridine rings is 1. The minimum atomic E-state index is -2.84. The van der Waals surface area contributed by atoms with Crippen LogP contribution in [0.1, 0.15) is 27.2 Å². The predicted molar refractivity (Wildman–Crippen MR) is 117 cm³/mol. The van der Waals surface area contributed by atoms with E-state index in [1.165, 1.54) is 6.07 Å². The van der Waals surface area contributed by atoms with Crippen molar-refractivity contribution in [2.45, 2.75) is 25.8 Å². The van der Waals surface area contributed by atoms with Crippen molar-refractivity contribution in [3.8, 4) is 11.8 Å². The van der Waals surface area contributed by atoms with Gasteiger partial charge in [0.15, 0.2) is 11.6 Å². The molecule has 1 amide bonds. The Morgan fingerprint density at radius 2 is 2.12 bits per heavy atom. The van der Waals surface area contributed by atoms with Gasteiger partial charge in [-0.1, -0.05) is 23.4 Å². The number of amides is 1. The van der Waals surface area contributed by atoms with Crippen molar-refractivity contribution in [1.29, 1.82) is 0 Å². The standard InChI is InChI=1S/C22H20ClF3N2O4S/c1-27-21(30)15-4-12(10-32-11-15)2-3-14-7-18(33-20(14)23)17(29)6-13-5-16(24)22(31)28(8-13)9-19(25)26/h5,7-8,12,15,19H,4,6,9-11H2,1H3,(H,27,30). The highest BCUT2D eigenvalue weighted by atomic mass is 35.5. The van der Waals surface area contributed by atoms with Gasteiger partial charge in [0.05, 0.1) is 36.1 Å². The number of nitrogens with zero attached hydrogens (tertiary/aromatic N) is 1. The fraction of sp³-hybridized carbons (Fsp3) is 0.409. The van der Waals surface area contributed by atoms with Crippen molar-refractivity contribution in [2.24, 2.45) is 11.8 Å². The summed E-state index contributed by atoms with van der Waals surface area (Å²) in [5, 5.41) is 2.59. The number of halogens is 4. The molecular weight excluding hydrogens is 481 g/mol. The van der Waals surface area contributed by atoms with E-state index < -0.39 is 30.1 Å². The molecule has 0 bridgehead atoms. The van der Waals surface area contributed by atoms with E-state index in [9.17, 15) is 27.6 Å². The quantitative estimate of drug-likeness (QED) is 0.488. The molecule has 1 saturated heterocycles. The number of hydrogen-bond acceptors (Lipinski definition) is 5. The Morgan fingerprint density at radius 1 is 1.36 bits per heavy atom. The van der Waals surface area contributed by atoms with Gasteiger partial charge in [-0.2, -0.15) is 0 Å². The number of aromatic nitrogens is 1. The van der Waals surface area contributed by atoms with E-state index in [1.54, 1.807) is 7.05 Å². The second kappa shape index (κ2) is 11.0. The van der Waals surface area contributed by atoms with Crippen LogP contribution in [0.5, 0.6) is 0 Å². The van der Waals surface area contributed by atoms with Gasteiger partial charge in [-0.05, 0) is 24.1 Å². The lowest BCUT2D eigenvalue weighted by atomic mass is 9.92. The number of thiophene rings is 1. The maximum Gasteiger partial charge on any atom is 0.286 e. The third-order valence-electron chi connectivity index (χ3n) is 5.00. The van der Waals surface area contributed by atoms with Crippen LogP contribution in [0.15, 0.2) is 23.1 Å². The van der Waals surface area contributed by atoms with E-state index in [1.807, 2.05) is 0 Å². The monoisotopic (exact) mass is 500 g/mol. The third-order valence-corrected chi connectivity index (χ3v) is 6.39. The first-order valence-electron chi connectivity index (χ1n) is 9.98. The topological polar surface area (TPSA) is 77.4 Å². The number of hydrogen-bond donors (Lipinski definition) is 1. The highest BCUT2D eigenvalue weighted by molar-refractivity contribution is 7.18. The summed E-state index contributed by atoms with van der Waals surface area (Å²) in [4.78, 5) is 36.4. The Kier molecular flexibility index (Phi) is 8.35. The highest BCUT2D eigenvalue weighted by Crippen LogP contribution is 2.28. The summed E-state index contributed by atoms with van der Waals surface area (Å²) >= 11 is 7.21. The summed E-state index contributed by atoms with van der Waals surface area (Å²) in [7, 11) is 1.56. The van der Waals surface area contributed by atoms with E-state index in [0.717, 1.165) is 23.6 Å². The Bertz CT molecular complexity index is 1170. The minimum absolute atomic E-state index is 0.0921. The number of nitrogens with one attached hydrogen (secondary N) is 1. The van der Waals surface area contributed by atoms with Gasteiger partial charge in [0.1, 0.15) is 4.34 Å². The normalized spacial score (nSPS) is 18.0. The van der Waals surface area contributed by atoms with Gasteiger partial charge in [0, 0.05) is 25.6 Å². The molecule has 3 heterocycles. The molecule has 2 aromatic heterocycles. The van der Waals surface area contributed by atoms with E-state index in [-0.39, 0.29) is 34.6 Å². The Hall–Kier alpha value is -2.61. The molecule has 1 aliphatic rings. The van der Waals surface area contributed by atoms with Crippen molar-refractivity contribution in [1.82, 2.24) is 9.88 Å². The molecule has 0 saturated carbocycles. The average Bonchev–Trinajstić information content (AvgIpc) is 3.15. The fourth-order valence-electron chi connectivity index (χ4n) is 3.40. The fourth-order valence-corrected chi connectivity index (χ4v) is 4.53. The second-order valence-corrected chi connectivity index (χ2v) is 9.15. The number of Topliss-reactive ketones (excluding diaryl/α,β-unsaturated/α-hetero) is 1. The molecule has 0 aliphatic carbocycles. The van der Waals surface area contributed by atoms with Gasteiger partial charge in [0.25, 0.3) is 12.0 Å². The average molecular weight is 501 g/mol. The molecule has 1 fully saturated rings. The van der Waals surface area contributed by atoms with Crippen LogP contribution >= 0.6 is 22.9 Å². The van der Waals surface area contributed by atoms with Crippen LogP contribution in [0.4, 0.5) is 13.2 Å². The molecule has 0 aromatic carbocycles. The number of carbonyl (C=O) groups is 2. The Balaban J connectivity index is 1.73. The molecule has 2 aromatic rings. The largest absolute Gasteiger partial charge is 0.379 e. The van der Waals surface area contributed by atoms with Gasteiger partial charge >= 0.3 is 0 Å². The summed E-state index contributed by atoms with van der Waals surface area (Å²) in [5.41, 5.74) is -0.649. The van der Waals surface area contributed by atoms with Gasteiger partial charge in [0.2, 0.25) is 5.91 Å². The molecule has 176 valence electrons. The van der Waals surface area contributed by atoms with Crippen LogP contribution in [-0.2, 0) is 22.5 Å². The zero-order chi connectivity index (χ0) is 24.1. The number of ketones is 1. The lowest BCUT2D eigenvalue weighted by Gasteiger charge is -2.24. The molecule has 1 N–H and O–H groups in total. The number of carbonyl (C=O) groups excluding carboxylic acids is 2. The first kappa shape index (κ1) is 25.0. The van der Waals surface area contributed by atoms with Crippen molar-refractivity contribution < 1.29 is 27.5 Å². The van der Waals surface area contributed by atoms with Crippen molar-refractivity contribution in [2.75, 3.05) is 20.3 Å². The number of rotatable bonds is 6. The molecule has 2 unspecified atom stereocenters. The van der Waals surface area contributed by atoms with Crippen molar-refractivity contribution >= 4 is 34.6 Å². The molecule has 1 aliphatic heterocycles. The lowest BCUT2D eigenvalue weighted by Crippen LogP contribution is -2.36.